The van der Waals surface area contributed by atoms with Gasteiger partial charge in [0, 0.05) is 13.1 Å². The number of aliphatic imine (C=N–C) groups is 1. The fourth-order valence-electron chi connectivity index (χ4n) is 3.52. The SMILES string of the molecule is Cc1ccc(N2C(=O)CN=C2S[C@@H](C(=O)N2CCCC2)c2ccccc2)cc1. The van der Waals surface area contributed by atoms with Crippen LogP contribution in [0.15, 0.2) is 59.6 Å². The molecule has 1 fully saturated rings. The Balaban J connectivity index is 1.62. The van der Waals surface area contributed by atoms with Crippen LogP contribution in [0.3, 0.4) is 0 Å². The van der Waals surface area contributed by atoms with Crippen LogP contribution in [0, 0.1) is 6.92 Å². The molecule has 5 nitrogen and oxygen atoms in total. The molecule has 2 amide bonds. The second-order valence-electron chi connectivity index (χ2n) is 7.10. The van der Waals surface area contributed by atoms with Crippen LogP contribution in [0.1, 0.15) is 29.2 Å². The van der Waals surface area contributed by atoms with Crippen molar-refractivity contribution in [1.29, 1.82) is 0 Å². The molecule has 2 aromatic rings. The average molecular weight is 394 g/mol. The van der Waals surface area contributed by atoms with Gasteiger partial charge < -0.3 is 4.90 Å². The number of likely N-dealkylation sites (tertiary alicyclic amines) is 1. The lowest BCUT2D eigenvalue weighted by molar-refractivity contribution is -0.129. The van der Waals surface area contributed by atoms with Gasteiger partial charge in [-0.2, -0.15) is 0 Å². The van der Waals surface area contributed by atoms with E-state index in [0.29, 0.717) is 5.17 Å². The van der Waals surface area contributed by atoms with Gasteiger partial charge in [0.05, 0.1) is 5.69 Å². The molecule has 0 spiro atoms. The van der Waals surface area contributed by atoms with Crippen LogP contribution in [0.2, 0.25) is 0 Å². The first kappa shape index (κ1) is 18.7. The molecule has 2 heterocycles. The lowest BCUT2D eigenvalue weighted by atomic mass is 10.1. The van der Waals surface area contributed by atoms with E-state index < -0.39 is 5.25 Å². The number of amidine groups is 1. The molecular weight excluding hydrogens is 370 g/mol. The number of thioether (sulfide) groups is 1. The van der Waals surface area contributed by atoms with Crippen molar-refractivity contribution in [2.75, 3.05) is 24.5 Å². The topological polar surface area (TPSA) is 53.0 Å². The van der Waals surface area contributed by atoms with Crippen LogP contribution >= 0.6 is 11.8 Å². The molecule has 0 saturated carbocycles. The highest BCUT2D eigenvalue weighted by molar-refractivity contribution is 8.15. The fraction of sp³-hybridized carbons (Fsp3) is 0.318. The Morgan fingerprint density at radius 2 is 1.71 bits per heavy atom. The van der Waals surface area contributed by atoms with Gasteiger partial charge in [0.2, 0.25) is 5.91 Å². The monoisotopic (exact) mass is 393 g/mol. The number of anilines is 1. The number of amides is 2. The molecule has 6 heteroatoms. The zero-order valence-electron chi connectivity index (χ0n) is 15.9. The summed E-state index contributed by atoms with van der Waals surface area (Å²) in [6.07, 6.45) is 2.10. The van der Waals surface area contributed by atoms with E-state index >= 15 is 0 Å². The summed E-state index contributed by atoms with van der Waals surface area (Å²) in [5, 5.41) is 0.187. The van der Waals surface area contributed by atoms with E-state index in [9.17, 15) is 9.59 Å². The summed E-state index contributed by atoms with van der Waals surface area (Å²) in [5.74, 6) is 0.0337. The van der Waals surface area contributed by atoms with Gasteiger partial charge >= 0.3 is 0 Å². The summed E-state index contributed by atoms with van der Waals surface area (Å²) in [4.78, 5) is 33.8. The van der Waals surface area contributed by atoms with E-state index in [1.54, 1.807) is 4.90 Å². The van der Waals surface area contributed by atoms with Crippen LogP contribution in [-0.4, -0.2) is 41.5 Å². The molecule has 4 rings (SSSR count). The third-order valence-corrected chi connectivity index (χ3v) is 6.28. The molecule has 0 radical (unpaired) electrons. The fourth-order valence-corrected chi connectivity index (χ4v) is 4.72. The molecule has 0 aromatic heterocycles. The third-order valence-electron chi connectivity index (χ3n) is 5.05. The first-order valence-electron chi connectivity index (χ1n) is 9.58. The quantitative estimate of drug-likeness (QED) is 0.794. The first-order valence-corrected chi connectivity index (χ1v) is 10.5. The Morgan fingerprint density at radius 1 is 1.04 bits per heavy atom. The molecule has 2 aliphatic rings. The zero-order chi connectivity index (χ0) is 19.5. The van der Waals surface area contributed by atoms with Gasteiger partial charge in [-0.05, 0) is 37.5 Å². The Kier molecular flexibility index (Phi) is 5.48. The predicted molar refractivity (Wildman–Crippen MR) is 114 cm³/mol. The Hall–Kier alpha value is -2.60. The first-order chi connectivity index (χ1) is 13.6. The van der Waals surface area contributed by atoms with Gasteiger partial charge in [-0.1, -0.05) is 59.8 Å². The number of hydrogen-bond acceptors (Lipinski definition) is 4. The van der Waals surface area contributed by atoms with E-state index in [4.69, 9.17) is 0 Å². The summed E-state index contributed by atoms with van der Waals surface area (Å²) < 4.78 is 0. The maximum absolute atomic E-state index is 13.2. The molecule has 0 aliphatic carbocycles. The molecule has 144 valence electrons. The van der Waals surface area contributed by atoms with Crippen LogP contribution in [-0.2, 0) is 9.59 Å². The predicted octanol–water partition coefficient (Wildman–Crippen LogP) is 3.79. The van der Waals surface area contributed by atoms with Gasteiger partial charge in [-0.3, -0.25) is 19.5 Å². The van der Waals surface area contributed by atoms with Crippen LogP contribution in [0.25, 0.3) is 0 Å². The highest BCUT2D eigenvalue weighted by Crippen LogP contribution is 2.36. The van der Waals surface area contributed by atoms with E-state index in [-0.39, 0.29) is 18.4 Å². The number of hydrogen-bond donors (Lipinski definition) is 0. The third kappa shape index (κ3) is 3.83. The van der Waals surface area contributed by atoms with E-state index in [1.165, 1.54) is 11.8 Å². The number of carbonyl (C=O) groups excluding carboxylic acids is 2. The van der Waals surface area contributed by atoms with Crippen molar-refractivity contribution in [3.05, 3.63) is 65.7 Å². The minimum atomic E-state index is -0.406. The zero-order valence-corrected chi connectivity index (χ0v) is 16.7. The smallest absolute Gasteiger partial charge is 0.254 e. The van der Waals surface area contributed by atoms with Gasteiger partial charge in [-0.25, -0.2) is 0 Å². The summed E-state index contributed by atoms with van der Waals surface area (Å²) >= 11 is 1.38. The molecule has 1 saturated heterocycles. The minimum Gasteiger partial charge on any atom is -0.341 e. The molecule has 0 bridgehead atoms. The lowest BCUT2D eigenvalue weighted by Gasteiger charge is -2.25. The largest absolute Gasteiger partial charge is 0.341 e. The van der Waals surface area contributed by atoms with Crippen molar-refractivity contribution in [2.45, 2.75) is 25.0 Å². The summed E-state index contributed by atoms with van der Waals surface area (Å²) in [7, 11) is 0. The van der Waals surface area contributed by atoms with E-state index in [1.807, 2.05) is 66.4 Å². The van der Waals surface area contributed by atoms with Crippen LogP contribution in [0.4, 0.5) is 5.69 Å². The molecule has 2 aliphatic heterocycles. The van der Waals surface area contributed by atoms with Crippen molar-refractivity contribution in [3.8, 4) is 0 Å². The van der Waals surface area contributed by atoms with Crippen molar-refractivity contribution in [2.24, 2.45) is 4.99 Å². The Morgan fingerprint density at radius 3 is 2.39 bits per heavy atom. The number of aryl methyl sites for hydroxylation is 1. The van der Waals surface area contributed by atoms with Crippen molar-refractivity contribution < 1.29 is 9.59 Å². The second kappa shape index (κ2) is 8.19. The molecular formula is C22H23N3O2S. The lowest BCUT2D eigenvalue weighted by Crippen LogP contribution is -2.35. The number of rotatable bonds is 4. The van der Waals surface area contributed by atoms with Crippen molar-refractivity contribution in [1.82, 2.24) is 4.90 Å². The minimum absolute atomic E-state index is 0.0632. The number of nitrogens with zero attached hydrogens (tertiary/aromatic N) is 3. The van der Waals surface area contributed by atoms with E-state index in [2.05, 4.69) is 4.99 Å². The standard InChI is InChI=1S/C22H23N3O2S/c1-16-9-11-18(12-10-16)25-19(26)15-23-22(25)28-20(17-7-3-2-4-8-17)21(27)24-13-5-6-14-24/h2-4,7-12,20H,5-6,13-15H2,1H3/t20-/m1/s1. The van der Waals surface area contributed by atoms with Crippen LogP contribution in [0.5, 0.6) is 0 Å². The highest BCUT2D eigenvalue weighted by atomic mass is 32.2. The summed E-state index contributed by atoms with van der Waals surface area (Å²) in [5.41, 5.74) is 2.86. The molecule has 1 atom stereocenters. The van der Waals surface area contributed by atoms with Gasteiger partial charge in [-0.15, -0.1) is 0 Å². The highest BCUT2D eigenvalue weighted by Gasteiger charge is 2.35. The average Bonchev–Trinajstić information content (AvgIpc) is 3.37. The summed E-state index contributed by atoms with van der Waals surface area (Å²) in [6.45, 7) is 3.74. The second-order valence-corrected chi connectivity index (χ2v) is 8.18. The van der Waals surface area contributed by atoms with Crippen LogP contribution < -0.4 is 4.90 Å². The van der Waals surface area contributed by atoms with Gasteiger partial charge in [0.1, 0.15) is 11.8 Å². The van der Waals surface area contributed by atoms with E-state index in [0.717, 1.165) is 42.7 Å². The van der Waals surface area contributed by atoms with Crippen molar-refractivity contribution >= 4 is 34.4 Å². The number of carbonyl (C=O) groups is 2. The van der Waals surface area contributed by atoms with Crippen molar-refractivity contribution in [3.63, 3.8) is 0 Å². The van der Waals surface area contributed by atoms with Gasteiger partial charge in [0.15, 0.2) is 5.17 Å². The summed E-state index contributed by atoms with van der Waals surface area (Å²) in [6, 6.07) is 17.6. The molecule has 0 unspecified atom stereocenters. The Bertz CT molecular complexity index is 890. The molecule has 0 N–H and O–H groups in total. The maximum atomic E-state index is 13.2. The molecule has 2 aromatic carbocycles. The maximum Gasteiger partial charge on any atom is 0.254 e. The normalized spacial score (nSPS) is 17.8. The number of benzene rings is 2. The van der Waals surface area contributed by atoms with Gasteiger partial charge in [0.25, 0.3) is 5.91 Å². The Labute approximate surface area is 169 Å². The molecule has 28 heavy (non-hydrogen) atoms.